The number of nitrogens with zero attached hydrogens (tertiary/aromatic N) is 3. The Hall–Kier alpha value is -2.19. The highest BCUT2D eigenvalue weighted by Crippen LogP contribution is 2.26. The van der Waals surface area contributed by atoms with Gasteiger partial charge in [0, 0.05) is 5.56 Å². The molecule has 2 aromatic rings. The molecule has 0 amide bonds. The summed E-state index contributed by atoms with van der Waals surface area (Å²) in [4.78, 5) is 4.45. The summed E-state index contributed by atoms with van der Waals surface area (Å²) in [5.74, 6) is 1.87. The largest absolute Gasteiger partial charge is 0.337 e. The Bertz CT molecular complexity index is 635. The average molecular weight is 268 g/mol. The van der Waals surface area contributed by atoms with Crippen LogP contribution in [0.15, 0.2) is 28.8 Å². The molecule has 0 saturated carbocycles. The van der Waals surface area contributed by atoms with E-state index >= 15 is 0 Å². The third-order valence-corrected chi connectivity index (χ3v) is 3.65. The van der Waals surface area contributed by atoms with Crippen molar-refractivity contribution in [2.75, 3.05) is 6.54 Å². The average Bonchev–Trinajstić information content (AvgIpc) is 2.98. The van der Waals surface area contributed by atoms with Gasteiger partial charge < -0.3 is 9.84 Å². The smallest absolute Gasteiger partial charge is 0.244 e. The Labute approximate surface area is 117 Å². The normalized spacial score (nSPS) is 22.4. The minimum Gasteiger partial charge on any atom is -0.337 e. The van der Waals surface area contributed by atoms with Crippen molar-refractivity contribution in [3.63, 3.8) is 0 Å². The number of hydrogen-bond donors (Lipinski definition) is 1. The van der Waals surface area contributed by atoms with E-state index in [1.165, 1.54) is 6.42 Å². The fraction of sp³-hybridized carbons (Fsp3) is 0.400. The molecule has 102 valence electrons. The van der Waals surface area contributed by atoms with Crippen LogP contribution < -0.4 is 5.32 Å². The van der Waals surface area contributed by atoms with Crippen molar-refractivity contribution in [3.8, 4) is 17.5 Å². The molecule has 1 saturated heterocycles. The second-order valence-corrected chi connectivity index (χ2v) is 5.29. The van der Waals surface area contributed by atoms with Crippen molar-refractivity contribution in [1.82, 2.24) is 15.5 Å². The Balaban J connectivity index is 1.81. The SMILES string of the molecule is C[C@@H]1CC[C@H](c2nc(-c3cccc(C#N)c3)no2)NC1. The minimum atomic E-state index is 0.145. The van der Waals surface area contributed by atoms with Gasteiger partial charge in [-0.3, -0.25) is 0 Å². The predicted octanol–water partition coefficient (Wildman–Crippen LogP) is 2.67. The van der Waals surface area contributed by atoms with E-state index in [-0.39, 0.29) is 6.04 Å². The van der Waals surface area contributed by atoms with Crippen LogP contribution in [-0.2, 0) is 0 Å². The lowest BCUT2D eigenvalue weighted by Crippen LogP contribution is -2.32. The molecule has 1 fully saturated rings. The fourth-order valence-corrected chi connectivity index (χ4v) is 2.43. The number of hydrogen-bond acceptors (Lipinski definition) is 5. The predicted molar refractivity (Wildman–Crippen MR) is 73.6 cm³/mol. The van der Waals surface area contributed by atoms with Crippen LogP contribution in [0, 0.1) is 17.2 Å². The van der Waals surface area contributed by atoms with Crippen molar-refractivity contribution >= 4 is 0 Å². The van der Waals surface area contributed by atoms with Gasteiger partial charge in [-0.15, -0.1) is 0 Å². The summed E-state index contributed by atoms with van der Waals surface area (Å²) in [7, 11) is 0. The summed E-state index contributed by atoms with van der Waals surface area (Å²) in [5, 5.41) is 16.4. The van der Waals surface area contributed by atoms with Crippen LogP contribution >= 0.6 is 0 Å². The molecule has 1 aromatic heterocycles. The molecule has 5 heteroatoms. The van der Waals surface area contributed by atoms with E-state index in [4.69, 9.17) is 9.78 Å². The van der Waals surface area contributed by atoms with Gasteiger partial charge in [-0.05, 0) is 37.4 Å². The van der Waals surface area contributed by atoms with E-state index in [2.05, 4.69) is 28.5 Å². The Morgan fingerprint density at radius 3 is 3.05 bits per heavy atom. The van der Waals surface area contributed by atoms with Crippen molar-refractivity contribution in [3.05, 3.63) is 35.7 Å². The second-order valence-electron chi connectivity index (χ2n) is 5.29. The quantitative estimate of drug-likeness (QED) is 0.906. The zero-order valence-electron chi connectivity index (χ0n) is 11.3. The third-order valence-electron chi connectivity index (χ3n) is 3.65. The number of rotatable bonds is 2. The molecule has 1 aromatic carbocycles. The molecule has 1 N–H and O–H groups in total. The molecule has 0 bridgehead atoms. The van der Waals surface area contributed by atoms with Gasteiger partial charge in [-0.2, -0.15) is 10.2 Å². The monoisotopic (exact) mass is 268 g/mol. The van der Waals surface area contributed by atoms with Crippen LogP contribution in [0.2, 0.25) is 0 Å². The highest BCUT2D eigenvalue weighted by molar-refractivity contribution is 5.57. The lowest BCUT2D eigenvalue weighted by molar-refractivity contribution is 0.266. The molecule has 0 aliphatic carbocycles. The summed E-state index contributed by atoms with van der Waals surface area (Å²) >= 11 is 0. The maximum atomic E-state index is 8.92. The van der Waals surface area contributed by atoms with Crippen molar-refractivity contribution in [2.24, 2.45) is 5.92 Å². The molecule has 0 unspecified atom stereocenters. The molecule has 5 nitrogen and oxygen atoms in total. The van der Waals surface area contributed by atoms with Crippen LogP contribution in [0.3, 0.4) is 0 Å². The zero-order chi connectivity index (χ0) is 13.9. The van der Waals surface area contributed by atoms with E-state index in [9.17, 15) is 0 Å². The summed E-state index contributed by atoms with van der Waals surface area (Å²) < 4.78 is 5.36. The maximum absolute atomic E-state index is 8.92. The number of piperidine rings is 1. The van der Waals surface area contributed by atoms with Crippen molar-refractivity contribution < 1.29 is 4.52 Å². The van der Waals surface area contributed by atoms with Gasteiger partial charge in [0.1, 0.15) is 0 Å². The first-order valence-corrected chi connectivity index (χ1v) is 6.84. The first kappa shape index (κ1) is 12.8. The molecule has 3 rings (SSSR count). The molecule has 2 atom stereocenters. The maximum Gasteiger partial charge on any atom is 0.244 e. The number of nitriles is 1. The lowest BCUT2D eigenvalue weighted by atomic mass is 9.96. The third kappa shape index (κ3) is 2.56. The molecule has 0 spiro atoms. The van der Waals surface area contributed by atoms with E-state index in [0.717, 1.165) is 18.5 Å². The number of benzene rings is 1. The first-order chi connectivity index (χ1) is 9.76. The number of nitrogens with one attached hydrogen (secondary N) is 1. The van der Waals surface area contributed by atoms with Crippen LogP contribution in [0.25, 0.3) is 11.4 Å². The molecule has 1 aliphatic heterocycles. The Morgan fingerprint density at radius 2 is 2.30 bits per heavy atom. The standard InChI is InChI=1S/C15H16N4O/c1-10-5-6-13(17-9-10)15-18-14(19-20-15)12-4-2-3-11(7-12)8-16/h2-4,7,10,13,17H,5-6,9H2,1H3/t10-,13-/m1/s1. The van der Waals surface area contributed by atoms with E-state index < -0.39 is 0 Å². The fourth-order valence-electron chi connectivity index (χ4n) is 2.43. The highest BCUT2D eigenvalue weighted by Gasteiger charge is 2.24. The van der Waals surface area contributed by atoms with Crippen LogP contribution in [0.1, 0.15) is 37.3 Å². The molecular weight excluding hydrogens is 252 g/mol. The minimum absolute atomic E-state index is 0.145. The first-order valence-electron chi connectivity index (χ1n) is 6.84. The molecular formula is C15H16N4O. The van der Waals surface area contributed by atoms with Crippen LogP contribution in [0.5, 0.6) is 0 Å². The zero-order valence-corrected chi connectivity index (χ0v) is 11.3. The van der Waals surface area contributed by atoms with Crippen molar-refractivity contribution in [2.45, 2.75) is 25.8 Å². The van der Waals surface area contributed by atoms with E-state index in [0.29, 0.717) is 23.2 Å². The summed E-state index contributed by atoms with van der Waals surface area (Å²) in [6.07, 6.45) is 2.18. The Morgan fingerprint density at radius 1 is 1.40 bits per heavy atom. The van der Waals surface area contributed by atoms with Gasteiger partial charge >= 0.3 is 0 Å². The van der Waals surface area contributed by atoms with Gasteiger partial charge in [0.05, 0.1) is 17.7 Å². The van der Waals surface area contributed by atoms with E-state index in [1.54, 1.807) is 12.1 Å². The summed E-state index contributed by atoms with van der Waals surface area (Å²) in [5.41, 5.74) is 1.40. The van der Waals surface area contributed by atoms with Gasteiger partial charge in [0.15, 0.2) is 0 Å². The Kier molecular flexibility index (Phi) is 3.48. The summed E-state index contributed by atoms with van der Waals surface area (Å²) in [6.45, 7) is 3.21. The lowest BCUT2D eigenvalue weighted by Gasteiger charge is -2.24. The molecule has 0 radical (unpaired) electrons. The molecule has 2 heterocycles. The highest BCUT2D eigenvalue weighted by atomic mass is 16.5. The molecule has 20 heavy (non-hydrogen) atoms. The molecule has 1 aliphatic rings. The van der Waals surface area contributed by atoms with Gasteiger partial charge in [-0.25, -0.2) is 0 Å². The van der Waals surface area contributed by atoms with Crippen molar-refractivity contribution in [1.29, 1.82) is 5.26 Å². The van der Waals surface area contributed by atoms with E-state index in [1.807, 2.05) is 12.1 Å². The number of aromatic nitrogens is 2. The van der Waals surface area contributed by atoms with Gasteiger partial charge in [0.2, 0.25) is 11.7 Å². The summed E-state index contributed by atoms with van der Waals surface area (Å²) in [6, 6.07) is 9.49. The van der Waals surface area contributed by atoms with Crippen LogP contribution in [-0.4, -0.2) is 16.7 Å². The second kappa shape index (κ2) is 5.43. The van der Waals surface area contributed by atoms with Gasteiger partial charge in [0.25, 0.3) is 0 Å². The van der Waals surface area contributed by atoms with Gasteiger partial charge in [-0.1, -0.05) is 24.2 Å². The topological polar surface area (TPSA) is 74.7 Å². The van der Waals surface area contributed by atoms with Crippen LogP contribution in [0.4, 0.5) is 0 Å².